The molecule has 0 aromatic heterocycles. The lowest BCUT2D eigenvalue weighted by Crippen LogP contribution is -2.25. The van der Waals surface area contributed by atoms with E-state index in [0.29, 0.717) is 51.6 Å². The summed E-state index contributed by atoms with van der Waals surface area (Å²) >= 11 is 0. The molecule has 1 fully saturated rings. The van der Waals surface area contributed by atoms with Gasteiger partial charge >= 0.3 is 17.9 Å². The number of ether oxygens (including phenoxy) is 4. The van der Waals surface area contributed by atoms with E-state index in [0.717, 1.165) is 83.7 Å². The molecule has 258 valence electrons. The molecule has 0 saturated carbocycles. The predicted octanol–water partition coefficient (Wildman–Crippen LogP) is 9.95. The Morgan fingerprint density at radius 1 is 0.591 bits per heavy atom. The standard InChI is InChI=1S/C37H68O7/c1-4-7-10-13-16-23-35(38)42-31-20-22-33(43-36(39)24-17-14-11-8-5-2)28-29-34(27-26-32-21-19-30-41-32)44-37(40)25-18-15-12-9-6-3/h32-34H,4-31H2,1-3H3/t32-,33+,34-/m0/s1. The van der Waals surface area contributed by atoms with E-state index in [2.05, 4.69) is 20.8 Å². The van der Waals surface area contributed by atoms with Crippen molar-refractivity contribution in [3.63, 3.8) is 0 Å². The van der Waals surface area contributed by atoms with Crippen LogP contribution in [0.1, 0.15) is 188 Å². The van der Waals surface area contributed by atoms with E-state index in [1.807, 2.05) is 0 Å². The lowest BCUT2D eigenvalue weighted by atomic mass is 10.0. The van der Waals surface area contributed by atoms with Gasteiger partial charge in [-0.15, -0.1) is 0 Å². The molecule has 1 aliphatic heterocycles. The predicted molar refractivity (Wildman–Crippen MR) is 178 cm³/mol. The van der Waals surface area contributed by atoms with Crippen molar-refractivity contribution in [2.75, 3.05) is 13.2 Å². The Labute approximate surface area is 270 Å². The minimum absolute atomic E-state index is 0.124. The number of carbonyl (C=O) groups is 3. The fourth-order valence-corrected chi connectivity index (χ4v) is 5.82. The normalized spacial score (nSPS) is 16.0. The highest BCUT2D eigenvalue weighted by Crippen LogP contribution is 2.23. The molecule has 7 nitrogen and oxygen atoms in total. The summed E-state index contributed by atoms with van der Waals surface area (Å²) in [4.78, 5) is 37.6. The molecule has 0 aliphatic carbocycles. The lowest BCUT2D eigenvalue weighted by Gasteiger charge is -2.23. The SMILES string of the molecule is CCCCCCCC(=O)OCCC[C@H](CC[C@H](CC[C@@H]1CCCO1)OC(=O)CCCCCCC)OC(=O)CCCCCCC. The highest BCUT2D eigenvalue weighted by molar-refractivity contribution is 5.70. The summed E-state index contributed by atoms with van der Waals surface area (Å²) in [7, 11) is 0. The zero-order chi connectivity index (χ0) is 32.1. The van der Waals surface area contributed by atoms with Crippen LogP contribution in [0.15, 0.2) is 0 Å². The molecule has 0 bridgehead atoms. The van der Waals surface area contributed by atoms with E-state index in [1.165, 1.54) is 44.9 Å². The van der Waals surface area contributed by atoms with Crippen LogP contribution >= 0.6 is 0 Å². The van der Waals surface area contributed by atoms with E-state index >= 15 is 0 Å². The molecule has 0 amide bonds. The number of hydrogen-bond acceptors (Lipinski definition) is 7. The Balaban J connectivity index is 2.62. The van der Waals surface area contributed by atoms with Crippen LogP contribution in [-0.2, 0) is 33.3 Å². The molecule has 44 heavy (non-hydrogen) atoms. The monoisotopic (exact) mass is 624 g/mol. The van der Waals surface area contributed by atoms with Gasteiger partial charge in [-0.3, -0.25) is 14.4 Å². The third-order valence-electron chi connectivity index (χ3n) is 8.63. The summed E-state index contributed by atoms with van der Waals surface area (Å²) < 4.78 is 23.3. The topological polar surface area (TPSA) is 88.1 Å². The quantitative estimate of drug-likeness (QED) is 0.0446. The van der Waals surface area contributed by atoms with Gasteiger partial charge in [-0.2, -0.15) is 0 Å². The van der Waals surface area contributed by atoms with Gasteiger partial charge in [0.2, 0.25) is 0 Å². The number of rotatable bonds is 30. The van der Waals surface area contributed by atoms with Gasteiger partial charge in [-0.05, 0) is 70.6 Å². The van der Waals surface area contributed by atoms with Gasteiger partial charge in [-0.25, -0.2) is 0 Å². The second kappa shape index (κ2) is 28.8. The highest BCUT2D eigenvalue weighted by Gasteiger charge is 2.23. The van der Waals surface area contributed by atoms with Crippen LogP contribution in [0.3, 0.4) is 0 Å². The molecule has 1 heterocycles. The van der Waals surface area contributed by atoms with Crippen LogP contribution in [0.4, 0.5) is 0 Å². The Bertz CT molecular complexity index is 704. The van der Waals surface area contributed by atoms with Crippen molar-refractivity contribution in [3.05, 3.63) is 0 Å². The molecule has 3 atom stereocenters. The van der Waals surface area contributed by atoms with Gasteiger partial charge in [0.1, 0.15) is 12.2 Å². The molecule has 1 rings (SSSR count). The minimum atomic E-state index is -0.274. The van der Waals surface area contributed by atoms with Crippen molar-refractivity contribution in [3.8, 4) is 0 Å². The zero-order valence-corrected chi connectivity index (χ0v) is 28.9. The minimum Gasteiger partial charge on any atom is -0.466 e. The van der Waals surface area contributed by atoms with Crippen molar-refractivity contribution >= 4 is 17.9 Å². The van der Waals surface area contributed by atoms with Crippen molar-refractivity contribution in [2.45, 2.75) is 206 Å². The average Bonchev–Trinajstić information content (AvgIpc) is 3.54. The van der Waals surface area contributed by atoms with E-state index in [9.17, 15) is 14.4 Å². The van der Waals surface area contributed by atoms with Crippen molar-refractivity contribution in [1.29, 1.82) is 0 Å². The summed E-state index contributed by atoms with van der Waals surface area (Å²) in [5.41, 5.74) is 0. The number of hydrogen-bond donors (Lipinski definition) is 0. The molecule has 0 aromatic rings. The van der Waals surface area contributed by atoms with Crippen LogP contribution in [-0.4, -0.2) is 49.4 Å². The highest BCUT2D eigenvalue weighted by atomic mass is 16.6. The summed E-state index contributed by atoms with van der Waals surface area (Å²) in [6.07, 6.45) is 23.9. The molecule has 0 spiro atoms. The first kappa shape index (κ1) is 40.4. The molecular weight excluding hydrogens is 556 g/mol. The molecule has 1 saturated heterocycles. The summed E-state index contributed by atoms with van der Waals surface area (Å²) in [5, 5.41) is 0. The van der Waals surface area contributed by atoms with Crippen molar-refractivity contribution in [2.24, 2.45) is 0 Å². The summed E-state index contributed by atoms with van der Waals surface area (Å²) in [5.74, 6) is -0.422. The molecule has 0 unspecified atom stereocenters. The second-order valence-electron chi connectivity index (χ2n) is 12.9. The molecule has 0 radical (unpaired) electrons. The van der Waals surface area contributed by atoms with Crippen LogP contribution in [0, 0.1) is 0 Å². The van der Waals surface area contributed by atoms with E-state index in [1.54, 1.807) is 0 Å². The Morgan fingerprint density at radius 2 is 1.07 bits per heavy atom. The fourth-order valence-electron chi connectivity index (χ4n) is 5.82. The van der Waals surface area contributed by atoms with Gasteiger partial charge < -0.3 is 18.9 Å². The first-order valence-corrected chi connectivity index (χ1v) is 18.6. The second-order valence-corrected chi connectivity index (χ2v) is 12.9. The zero-order valence-electron chi connectivity index (χ0n) is 28.9. The summed E-state index contributed by atoms with van der Waals surface area (Å²) in [6.45, 7) is 7.71. The van der Waals surface area contributed by atoms with Gasteiger partial charge in [0.25, 0.3) is 0 Å². The first-order valence-electron chi connectivity index (χ1n) is 18.6. The van der Waals surface area contributed by atoms with Crippen molar-refractivity contribution < 1.29 is 33.3 Å². The molecule has 1 aliphatic rings. The van der Waals surface area contributed by atoms with Crippen molar-refractivity contribution in [1.82, 2.24) is 0 Å². The van der Waals surface area contributed by atoms with Gasteiger partial charge in [0, 0.05) is 25.9 Å². The lowest BCUT2D eigenvalue weighted by molar-refractivity contribution is -0.154. The van der Waals surface area contributed by atoms with Crippen LogP contribution in [0.2, 0.25) is 0 Å². The van der Waals surface area contributed by atoms with E-state index < -0.39 is 0 Å². The maximum Gasteiger partial charge on any atom is 0.306 e. The number of esters is 3. The first-order chi connectivity index (χ1) is 21.5. The maximum absolute atomic E-state index is 12.7. The third-order valence-corrected chi connectivity index (χ3v) is 8.63. The van der Waals surface area contributed by atoms with Gasteiger partial charge in [0.05, 0.1) is 12.7 Å². The van der Waals surface area contributed by atoms with Crippen LogP contribution < -0.4 is 0 Å². The molecule has 0 N–H and O–H groups in total. The third kappa shape index (κ3) is 23.7. The number of carbonyl (C=O) groups excluding carboxylic acids is 3. The van der Waals surface area contributed by atoms with Crippen LogP contribution in [0.25, 0.3) is 0 Å². The van der Waals surface area contributed by atoms with E-state index in [-0.39, 0.29) is 36.2 Å². The molecular formula is C37H68O7. The van der Waals surface area contributed by atoms with Gasteiger partial charge in [0.15, 0.2) is 0 Å². The Hall–Kier alpha value is -1.63. The molecule has 0 aromatic carbocycles. The Kier molecular flexibility index (Phi) is 26.5. The molecule has 7 heteroatoms. The maximum atomic E-state index is 12.7. The fraction of sp³-hybridized carbons (Fsp3) is 0.919. The van der Waals surface area contributed by atoms with Gasteiger partial charge in [-0.1, -0.05) is 97.8 Å². The van der Waals surface area contributed by atoms with E-state index in [4.69, 9.17) is 18.9 Å². The number of unbranched alkanes of at least 4 members (excludes halogenated alkanes) is 12. The largest absolute Gasteiger partial charge is 0.466 e. The van der Waals surface area contributed by atoms with Crippen LogP contribution in [0.5, 0.6) is 0 Å². The average molecular weight is 625 g/mol. The summed E-state index contributed by atoms with van der Waals surface area (Å²) in [6, 6.07) is 0. The smallest absolute Gasteiger partial charge is 0.306 e. The Morgan fingerprint density at radius 3 is 1.55 bits per heavy atom.